The molecule has 0 saturated heterocycles. The van der Waals surface area contributed by atoms with Crippen LogP contribution >= 0.6 is 15.9 Å². The van der Waals surface area contributed by atoms with Crippen molar-refractivity contribution in [2.24, 2.45) is 5.73 Å². The van der Waals surface area contributed by atoms with Crippen LogP contribution in [0.5, 0.6) is 5.75 Å². The van der Waals surface area contributed by atoms with Gasteiger partial charge in [-0.3, -0.25) is 4.79 Å². The number of carbonyl (C=O) groups is 1. The van der Waals surface area contributed by atoms with Gasteiger partial charge in [-0.25, -0.2) is 0 Å². The molecule has 4 nitrogen and oxygen atoms in total. The molecule has 0 spiro atoms. The molecule has 2 aromatic rings. The van der Waals surface area contributed by atoms with Crippen LogP contribution in [0.3, 0.4) is 0 Å². The monoisotopic (exact) mass is 323 g/mol. The smallest absolute Gasteiger partial charge is 0.320 e. The molecule has 0 heterocycles. The standard InChI is InChI=1S/C14H14BrNO3/c1-19-13-5-2-8-6-9(15)3-4-10(8)11(13)7-12(16)14(17)18/h2-6,12H,7,16H2,1H3,(H,17,18). The normalized spacial score (nSPS) is 12.4. The molecule has 0 aromatic heterocycles. The van der Waals surface area contributed by atoms with Gasteiger partial charge in [-0.05, 0) is 29.0 Å². The summed E-state index contributed by atoms with van der Waals surface area (Å²) in [5.74, 6) is -0.359. The number of carboxylic acids is 1. The van der Waals surface area contributed by atoms with E-state index in [-0.39, 0.29) is 6.42 Å². The largest absolute Gasteiger partial charge is 0.496 e. The van der Waals surface area contributed by atoms with E-state index in [1.165, 1.54) is 0 Å². The number of hydrogen-bond acceptors (Lipinski definition) is 3. The Balaban J connectivity index is 2.57. The molecule has 3 N–H and O–H groups in total. The maximum Gasteiger partial charge on any atom is 0.320 e. The minimum atomic E-state index is -1.02. The molecule has 0 amide bonds. The van der Waals surface area contributed by atoms with Crippen molar-refractivity contribution in [2.45, 2.75) is 12.5 Å². The van der Waals surface area contributed by atoms with Crippen molar-refractivity contribution in [3.05, 3.63) is 40.4 Å². The lowest BCUT2D eigenvalue weighted by Gasteiger charge is -2.14. The first-order valence-corrected chi connectivity index (χ1v) is 6.55. The maximum absolute atomic E-state index is 10.9. The molecule has 1 atom stereocenters. The van der Waals surface area contributed by atoms with E-state index in [0.29, 0.717) is 5.75 Å². The maximum atomic E-state index is 10.9. The Bertz CT molecular complexity index is 627. The van der Waals surface area contributed by atoms with Gasteiger partial charge < -0.3 is 15.6 Å². The Kier molecular flexibility index (Phi) is 4.07. The van der Waals surface area contributed by atoms with Crippen molar-refractivity contribution in [1.29, 1.82) is 0 Å². The summed E-state index contributed by atoms with van der Waals surface area (Å²) in [7, 11) is 1.57. The topological polar surface area (TPSA) is 72.5 Å². The molecule has 2 rings (SSSR count). The van der Waals surface area contributed by atoms with Crippen LogP contribution in [-0.4, -0.2) is 24.2 Å². The van der Waals surface area contributed by atoms with Gasteiger partial charge in [-0.2, -0.15) is 0 Å². The van der Waals surface area contributed by atoms with Gasteiger partial charge >= 0.3 is 5.97 Å². The van der Waals surface area contributed by atoms with E-state index in [4.69, 9.17) is 15.6 Å². The van der Waals surface area contributed by atoms with Crippen molar-refractivity contribution in [1.82, 2.24) is 0 Å². The van der Waals surface area contributed by atoms with Gasteiger partial charge in [0.25, 0.3) is 0 Å². The lowest BCUT2D eigenvalue weighted by Crippen LogP contribution is -2.32. The highest BCUT2D eigenvalue weighted by atomic mass is 79.9. The Morgan fingerprint density at radius 3 is 2.79 bits per heavy atom. The number of methoxy groups -OCH3 is 1. The number of aliphatic carboxylic acids is 1. The molecule has 0 fully saturated rings. The van der Waals surface area contributed by atoms with E-state index in [2.05, 4.69) is 15.9 Å². The second kappa shape index (κ2) is 5.59. The highest BCUT2D eigenvalue weighted by molar-refractivity contribution is 9.10. The van der Waals surface area contributed by atoms with Crippen LogP contribution in [0.25, 0.3) is 10.8 Å². The number of benzene rings is 2. The Morgan fingerprint density at radius 1 is 1.42 bits per heavy atom. The molecule has 0 aliphatic heterocycles. The predicted molar refractivity (Wildman–Crippen MR) is 77.5 cm³/mol. The second-order valence-corrected chi connectivity index (χ2v) is 5.18. The molecule has 1 unspecified atom stereocenters. The van der Waals surface area contributed by atoms with E-state index in [1.54, 1.807) is 7.11 Å². The van der Waals surface area contributed by atoms with E-state index < -0.39 is 12.0 Å². The van der Waals surface area contributed by atoms with Gasteiger partial charge in [0.1, 0.15) is 11.8 Å². The fourth-order valence-corrected chi connectivity index (χ4v) is 2.43. The summed E-state index contributed by atoms with van der Waals surface area (Å²) < 4.78 is 6.28. The predicted octanol–water partition coefficient (Wildman–Crippen LogP) is 2.57. The molecular weight excluding hydrogens is 310 g/mol. The number of rotatable bonds is 4. The third kappa shape index (κ3) is 2.88. The molecular formula is C14H14BrNO3. The summed E-state index contributed by atoms with van der Waals surface area (Å²) in [6, 6.07) is 8.66. The van der Waals surface area contributed by atoms with Crippen LogP contribution in [0.2, 0.25) is 0 Å². The van der Waals surface area contributed by atoms with Crippen LogP contribution in [0.15, 0.2) is 34.8 Å². The number of fused-ring (bicyclic) bond motifs is 1. The molecule has 0 radical (unpaired) electrons. The quantitative estimate of drug-likeness (QED) is 0.907. The van der Waals surface area contributed by atoms with Crippen molar-refractivity contribution in [2.75, 3.05) is 7.11 Å². The van der Waals surface area contributed by atoms with E-state index in [1.807, 2.05) is 30.3 Å². The zero-order valence-electron chi connectivity index (χ0n) is 10.4. The first-order chi connectivity index (χ1) is 9.02. The summed E-state index contributed by atoms with van der Waals surface area (Å²) in [6.07, 6.45) is 0.234. The highest BCUT2D eigenvalue weighted by Gasteiger charge is 2.17. The summed E-state index contributed by atoms with van der Waals surface area (Å²) in [6.45, 7) is 0. The fraction of sp³-hybridized carbons (Fsp3) is 0.214. The van der Waals surface area contributed by atoms with Crippen LogP contribution in [0.1, 0.15) is 5.56 Å². The SMILES string of the molecule is COc1ccc2cc(Br)ccc2c1CC(N)C(=O)O. The van der Waals surface area contributed by atoms with Crippen LogP contribution in [0.4, 0.5) is 0 Å². The molecule has 0 bridgehead atoms. The number of nitrogens with two attached hydrogens (primary N) is 1. The summed E-state index contributed by atoms with van der Waals surface area (Å²) in [4.78, 5) is 10.9. The zero-order valence-corrected chi connectivity index (χ0v) is 12.0. The molecule has 100 valence electrons. The molecule has 5 heteroatoms. The fourth-order valence-electron chi connectivity index (χ4n) is 2.05. The van der Waals surface area contributed by atoms with Crippen LogP contribution in [-0.2, 0) is 11.2 Å². The first kappa shape index (κ1) is 13.8. The van der Waals surface area contributed by atoms with E-state index in [0.717, 1.165) is 20.8 Å². The van der Waals surface area contributed by atoms with Crippen molar-refractivity contribution in [3.8, 4) is 5.75 Å². The zero-order chi connectivity index (χ0) is 14.0. The van der Waals surface area contributed by atoms with Crippen molar-refractivity contribution >= 4 is 32.7 Å². The molecule has 0 saturated carbocycles. The van der Waals surface area contributed by atoms with Crippen molar-refractivity contribution < 1.29 is 14.6 Å². The van der Waals surface area contributed by atoms with Crippen molar-refractivity contribution in [3.63, 3.8) is 0 Å². The number of halogens is 1. The van der Waals surface area contributed by atoms with Gasteiger partial charge in [-0.1, -0.05) is 28.1 Å². The van der Waals surface area contributed by atoms with Gasteiger partial charge in [0.15, 0.2) is 0 Å². The number of hydrogen-bond donors (Lipinski definition) is 2. The average Bonchev–Trinajstić information content (AvgIpc) is 2.38. The molecule has 0 aliphatic carbocycles. The molecule has 0 aliphatic rings. The first-order valence-electron chi connectivity index (χ1n) is 5.76. The van der Waals surface area contributed by atoms with Crippen LogP contribution in [0, 0.1) is 0 Å². The summed E-state index contributed by atoms with van der Waals surface area (Å²) in [5, 5.41) is 10.9. The third-order valence-corrected chi connectivity index (χ3v) is 3.50. The van der Waals surface area contributed by atoms with E-state index in [9.17, 15) is 4.79 Å². The Morgan fingerprint density at radius 2 is 2.16 bits per heavy atom. The van der Waals surface area contributed by atoms with Gasteiger partial charge in [0.05, 0.1) is 7.11 Å². The number of carboxylic acid groups (broad SMARTS) is 1. The van der Waals surface area contributed by atoms with E-state index >= 15 is 0 Å². The minimum Gasteiger partial charge on any atom is -0.496 e. The van der Waals surface area contributed by atoms with Crippen LogP contribution < -0.4 is 10.5 Å². The van der Waals surface area contributed by atoms with Gasteiger partial charge in [-0.15, -0.1) is 0 Å². The molecule has 19 heavy (non-hydrogen) atoms. The lowest BCUT2D eigenvalue weighted by atomic mass is 9.98. The third-order valence-electron chi connectivity index (χ3n) is 3.01. The molecule has 2 aromatic carbocycles. The van der Waals surface area contributed by atoms with Gasteiger partial charge in [0, 0.05) is 16.5 Å². The Labute approximate surface area is 119 Å². The number of ether oxygens (including phenoxy) is 1. The summed E-state index contributed by atoms with van der Waals surface area (Å²) >= 11 is 3.42. The minimum absolute atomic E-state index is 0.234. The Hall–Kier alpha value is -1.59. The lowest BCUT2D eigenvalue weighted by molar-refractivity contribution is -0.138. The second-order valence-electron chi connectivity index (χ2n) is 4.26. The van der Waals surface area contributed by atoms with Gasteiger partial charge in [0.2, 0.25) is 0 Å². The highest BCUT2D eigenvalue weighted by Crippen LogP contribution is 2.30. The average molecular weight is 324 g/mol. The summed E-state index contributed by atoms with van der Waals surface area (Å²) in [5.41, 5.74) is 6.45.